The number of amides is 3. The van der Waals surface area contributed by atoms with Crippen molar-refractivity contribution in [1.82, 2.24) is 15.1 Å². The van der Waals surface area contributed by atoms with E-state index in [1.165, 1.54) is 25.7 Å². The highest BCUT2D eigenvalue weighted by Crippen LogP contribution is 2.36. The van der Waals surface area contributed by atoms with Crippen molar-refractivity contribution in [3.05, 3.63) is 0 Å². The third-order valence-electron chi connectivity index (χ3n) is 4.70. The van der Waals surface area contributed by atoms with Crippen molar-refractivity contribution in [3.8, 4) is 0 Å². The Morgan fingerprint density at radius 3 is 2.09 bits per heavy atom. The second-order valence-corrected chi connectivity index (χ2v) is 8.13. The molecule has 6 heteroatoms. The summed E-state index contributed by atoms with van der Waals surface area (Å²) in [7, 11) is 0. The van der Waals surface area contributed by atoms with Gasteiger partial charge in [-0.05, 0) is 39.0 Å². The molecule has 2 rings (SSSR count). The molecule has 1 heterocycles. The van der Waals surface area contributed by atoms with Gasteiger partial charge in [-0.2, -0.15) is 0 Å². The van der Waals surface area contributed by atoms with E-state index in [0.29, 0.717) is 26.2 Å². The van der Waals surface area contributed by atoms with E-state index in [-0.39, 0.29) is 17.5 Å². The van der Waals surface area contributed by atoms with Crippen LogP contribution in [0.3, 0.4) is 0 Å². The molecule has 0 aromatic carbocycles. The van der Waals surface area contributed by atoms with Crippen LogP contribution in [0.4, 0.5) is 9.59 Å². The molecule has 0 aromatic rings. The lowest BCUT2D eigenvalue weighted by Gasteiger charge is -2.36. The molecular formula is C17H31N3O3. The molecule has 0 radical (unpaired) electrons. The zero-order chi connectivity index (χ0) is 17.1. The molecule has 2 aliphatic rings. The summed E-state index contributed by atoms with van der Waals surface area (Å²) in [6.07, 6.45) is 4.62. The molecule has 0 spiro atoms. The van der Waals surface area contributed by atoms with E-state index < -0.39 is 5.60 Å². The summed E-state index contributed by atoms with van der Waals surface area (Å²) >= 11 is 0. The Morgan fingerprint density at radius 1 is 1.04 bits per heavy atom. The maximum atomic E-state index is 12.3. The Balaban J connectivity index is 1.73. The van der Waals surface area contributed by atoms with Crippen LogP contribution >= 0.6 is 0 Å². The van der Waals surface area contributed by atoms with Crippen molar-refractivity contribution in [2.24, 2.45) is 5.41 Å². The van der Waals surface area contributed by atoms with Gasteiger partial charge in [-0.3, -0.25) is 0 Å². The molecular weight excluding hydrogens is 294 g/mol. The fourth-order valence-electron chi connectivity index (χ4n) is 3.22. The summed E-state index contributed by atoms with van der Waals surface area (Å²) in [5, 5.41) is 3.07. The number of hydrogen-bond acceptors (Lipinski definition) is 3. The number of nitrogens with zero attached hydrogens (tertiary/aromatic N) is 2. The number of urea groups is 1. The minimum atomic E-state index is -0.484. The Kier molecular flexibility index (Phi) is 5.42. The summed E-state index contributed by atoms with van der Waals surface area (Å²) in [6, 6.07) is -0.0121. The molecule has 1 aliphatic carbocycles. The summed E-state index contributed by atoms with van der Waals surface area (Å²) < 4.78 is 5.37. The van der Waals surface area contributed by atoms with Gasteiger partial charge in [0.05, 0.1) is 0 Å². The second-order valence-electron chi connectivity index (χ2n) is 8.13. The van der Waals surface area contributed by atoms with Gasteiger partial charge in [0.1, 0.15) is 5.60 Å². The van der Waals surface area contributed by atoms with Crippen LogP contribution in [0.2, 0.25) is 0 Å². The van der Waals surface area contributed by atoms with Crippen LogP contribution in [0.15, 0.2) is 0 Å². The maximum Gasteiger partial charge on any atom is 0.410 e. The lowest BCUT2D eigenvalue weighted by molar-refractivity contribution is 0.0169. The number of nitrogens with one attached hydrogen (secondary N) is 1. The fourth-order valence-corrected chi connectivity index (χ4v) is 3.22. The molecule has 1 aliphatic heterocycles. The lowest BCUT2D eigenvalue weighted by Crippen LogP contribution is -2.54. The summed E-state index contributed by atoms with van der Waals surface area (Å²) in [5.74, 6) is 0. The largest absolute Gasteiger partial charge is 0.444 e. The van der Waals surface area contributed by atoms with Crippen LogP contribution in [0.25, 0.3) is 0 Å². The Morgan fingerprint density at radius 2 is 1.57 bits per heavy atom. The van der Waals surface area contributed by atoms with E-state index >= 15 is 0 Å². The highest BCUT2D eigenvalue weighted by molar-refractivity contribution is 5.75. The first kappa shape index (κ1) is 17.9. The Labute approximate surface area is 139 Å². The molecule has 1 saturated heterocycles. The van der Waals surface area contributed by atoms with Gasteiger partial charge in [-0.15, -0.1) is 0 Å². The van der Waals surface area contributed by atoms with Crippen molar-refractivity contribution in [1.29, 1.82) is 0 Å². The van der Waals surface area contributed by atoms with Gasteiger partial charge < -0.3 is 19.9 Å². The van der Waals surface area contributed by atoms with Crippen LogP contribution in [0.1, 0.15) is 53.4 Å². The topological polar surface area (TPSA) is 61.9 Å². The average molecular weight is 325 g/mol. The molecule has 1 N–H and O–H groups in total. The summed E-state index contributed by atoms with van der Waals surface area (Å²) in [5.41, 5.74) is -0.226. The average Bonchev–Trinajstić information content (AvgIpc) is 2.90. The number of ether oxygens (including phenoxy) is 1. The molecule has 132 valence electrons. The lowest BCUT2D eigenvalue weighted by atomic mass is 9.89. The maximum absolute atomic E-state index is 12.3. The van der Waals surface area contributed by atoms with Crippen molar-refractivity contribution in [3.63, 3.8) is 0 Å². The van der Waals surface area contributed by atoms with Gasteiger partial charge >= 0.3 is 12.1 Å². The standard InChI is InChI=1S/C17H31N3O3/c1-16(2,3)23-15(22)20-11-9-19(10-12-20)14(21)18-13-17(4)7-5-6-8-17/h5-13H2,1-4H3,(H,18,21). The third kappa shape index (κ3) is 5.29. The van der Waals surface area contributed by atoms with Gasteiger partial charge in [0.2, 0.25) is 0 Å². The van der Waals surface area contributed by atoms with Crippen LogP contribution in [0.5, 0.6) is 0 Å². The minimum absolute atomic E-state index is 0.0121. The number of carbonyl (C=O) groups is 2. The number of piperazine rings is 1. The quantitative estimate of drug-likeness (QED) is 0.849. The first-order chi connectivity index (χ1) is 10.7. The van der Waals surface area contributed by atoms with Gasteiger partial charge in [-0.1, -0.05) is 19.8 Å². The normalized spacial score (nSPS) is 21.2. The smallest absolute Gasteiger partial charge is 0.410 e. The highest BCUT2D eigenvalue weighted by Gasteiger charge is 2.31. The first-order valence-corrected chi connectivity index (χ1v) is 8.69. The summed E-state index contributed by atoms with van der Waals surface area (Å²) in [6.45, 7) is 10.7. The van der Waals surface area contributed by atoms with Crippen LogP contribution in [-0.2, 0) is 4.74 Å². The van der Waals surface area contributed by atoms with Crippen LogP contribution in [0, 0.1) is 5.41 Å². The van der Waals surface area contributed by atoms with E-state index in [4.69, 9.17) is 4.74 Å². The van der Waals surface area contributed by atoms with Crippen molar-refractivity contribution in [2.75, 3.05) is 32.7 Å². The van der Waals surface area contributed by atoms with Gasteiger partial charge in [0.25, 0.3) is 0 Å². The van der Waals surface area contributed by atoms with E-state index in [9.17, 15) is 9.59 Å². The minimum Gasteiger partial charge on any atom is -0.444 e. The monoisotopic (exact) mass is 325 g/mol. The van der Waals surface area contributed by atoms with E-state index in [2.05, 4.69) is 12.2 Å². The fraction of sp³-hybridized carbons (Fsp3) is 0.882. The summed E-state index contributed by atoms with van der Waals surface area (Å²) in [4.78, 5) is 27.8. The molecule has 0 atom stereocenters. The predicted molar refractivity (Wildman–Crippen MR) is 89.4 cm³/mol. The van der Waals surface area contributed by atoms with Gasteiger partial charge in [0, 0.05) is 32.7 Å². The number of carbonyl (C=O) groups excluding carboxylic acids is 2. The molecule has 2 fully saturated rings. The van der Waals surface area contributed by atoms with E-state index in [1.807, 2.05) is 20.8 Å². The number of rotatable bonds is 2. The van der Waals surface area contributed by atoms with E-state index in [0.717, 1.165) is 6.54 Å². The first-order valence-electron chi connectivity index (χ1n) is 8.69. The van der Waals surface area contributed by atoms with E-state index in [1.54, 1.807) is 9.80 Å². The van der Waals surface area contributed by atoms with Crippen molar-refractivity contribution >= 4 is 12.1 Å². The van der Waals surface area contributed by atoms with Gasteiger partial charge in [0.15, 0.2) is 0 Å². The van der Waals surface area contributed by atoms with Crippen molar-refractivity contribution in [2.45, 2.75) is 59.0 Å². The molecule has 0 bridgehead atoms. The molecule has 3 amide bonds. The predicted octanol–water partition coefficient (Wildman–Crippen LogP) is 2.83. The molecule has 6 nitrogen and oxygen atoms in total. The SMILES string of the molecule is CC1(CNC(=O)N2CCN(C(=O)OC(C)(C)C)CC2)CCCC1. The zero-order valence-corrected chi connectivity index (χ0v) is 15.0. The third-order valence-corrected chi connectivity index (χ3v) is 4.70. The number of hydrogen-bond donors (Lipinski definition) is 1. The van der Waals surface area contributed by atoms with Gasteiger partial charge in [-0.25, -0.2) is 9.59 Å². The molecule has 0 aromatic heterocycles. The van der Waals surface area contributed by atoms with Crippen LogP contribution < -0.4 is 5.32 Å². The molecule has 1 saturated carbocycles. The second kappa shape index (κ2) is 6.97. The van der Waals surface area contributed by atoms with Crippen molar-refractivity contribution < 1.29 is 14.3 Å². The Hall–Kier alpha value is -1.46. The molecule has 0 unspecified atom stereocenters. The Bertz CT molecular complexity index is 431. The molecule has 23 heavy (non-hydrogen) atoms. The zero-order valence-electron chi connectivity index (χ0n) is 15.0. The highest BCUT2D eigenvalue weighted by atomic mass is 16.6. The van der Waals surface area contributed by atoms with Crippen LogP contribution in [-0.4, -0.2) is 60.2 Å².